The second-order valence-electron chi connectivity index (χ2n) is 3.59. The van der Waals surface area contributed by atoms with Gasteiger partial charge in [-0.1, -0.05) is 35.3 Å². The molecule has 0 amide bonds. The molecule has 6 heteroatoms. The Bertz CT molecular complexity index is 610. The molecule has 0 spiro atoms. The zero-order valence-corrected chi connectivity index (χ0v) is 12.0. The Balaban J connectivity index is 2.45. The Morgan fingerprint density at radius 2 is 2.11 bits per heavy atom. The largest absolute Gasteiger partial charge is 0.465 e. The summed E-state index contributed by atoms with van der Waals surface area (Å²) >= 11 is 13.1. The molecule has 0 atom stereocenters. The van der Waals surface area contributed by atoms with Gasteiger partial charge in [0.2, 0.25) is 0 Å². The van der Waals surface area contributed by atoms with Crippen molar-refractivity contribution in [3.05, 3.63) is 38.8 Å². The van der Waals surface area contributed by atoms with Crippen LogP contribution in [0.3, 0.4) is 0 Å². The maximum atomic E-state index is 11.4. The van der Waals surface area contributed by atoms with Gasteiger partial charge in [-0.25, -0.2) is 9.78 Å². The van der Waals surface area contributed by atoms with Crippen LogP contribution in [0.2, 0.25) is 10.2 Å². The molecule has 0 unspecified atom stereocenters. The number of halogens is 2. The van der Waals surface area contributed by atoms with Gasteiger partial charge in [0.05, 0.1) is 7.11 Å². The minimum atomic E-state index is -0.484. The molecule has 1 heterocycles. The van der Waals surface area contributed by atoms with Gasteiger partial charge in [0.15, 0.2) is 10.0 Å². The van der Waals surface area contributed by atoms with Crippen molar-refractivity contribution in [2.45, 2.75) is 6.92 Å². The number of aromatic nitrogens is 1. The lowest BCUT2D eigenvalue weighted by Crippen LogP contribution is -1.98. The van der Waals surface area contributed by atoms with E-state index in [2.05, 4.69) is 9.72 Å². The minimum Gasteiger partial charge on any atom is -0.465 e. The van der Waals surface area contributed by atoms with Gasteiger partial charge in [0.25, 0.3) is 0 Å². The third-order valence-corrected chi connectivity index (χ3v) is 4.25. The van der Waals surface area contributed by atoms with Crippen molar-refractivity contribution in [3.8, 4) is 10.6 Å². The number of hydrogen-bond donors (Lipinski definition) is 0. The summed E-state index contributed by atoms with van der Waals surface area (Å²) in [6, 6.07) is 5.58. The fraction of sp³-hybridized carbons (Fsp3) is 0.167. The van der Waals surface area contributed by atoms with Gasteiger partial charge in [-0.3, -0.25) is 0 Å². The van der Waals surface area contributed by atoms with Crippen LogP contribution in [0.4, 0.5) is 0 Å². The second-order valence-corrected chi connectivity index (χ2v) is 5.36. The van der Waals surface area contributed by atoms with E-state index in [1.54, 1.807) is 6.07 Å². The molecule has 18 heavy (non-hydrogen) atoms. The fourth-order valence-electron chi connectivity index (χ4n) is 1.37. The van der Waals surface area contributed by atoms with E-state index in [4.69, 9.17) is 23.2 Å². The van der Waals surface area contributed by atoms with Crippen LogP contribution < -0.4 is 0 Å². The van der Waals surface area contributed by atoms with Gasteiger partial charge in [-0.15, -0.1) is 11.3 Å². The summed E-state index contributed by atoms with van der Waals surface area (Å²) in [5.41, 5.74) is 1.81. The van der Waals surface area contributed by atoms with E-state index in [9.17, 15) is 4.79 Å². The van der Waals surface area contributed by atoms with Crippen LogP contribution in [0.15, 0.2) is 18.2 Å². The molecule has 1 aromatic heterocycles. The highest BCUT2D eigenvalue weighted by Gasteiger charge is 2.18. The first-order valence-electron chi connectivity index (χ1n) is 5.04. The van der Waals surface area contributed by atoms with E-state index in [0.29, 0.717) is 14.9 Å². The molecule has 0 radical (unpaired) electrons. The first kappa shape index (κ1) is 13.3. The molecular formula is C12H9Cl2NO2S. The Morgan fingerprint density at radius 1 is 1.39 bits per heavy atom. The van der Waals surface area contributed by atoms with Gasteiger partial charge in [0.1, 0.15) is 5.01 Å². The smallest absolute Gasteiger partial charge is 0.351 e. The lowest BCUT2D eigenvalue weighted by molar-refractivity contribution is 0.0606. The molecule has 0 bridgehead atoms. The van der Waals surface area contributed by atoms with Crippen molar-refractivity contribution in [1.82, 2.24) is 4.98 Å². The van der Waals surface area contributed by atoms with Crippen LogP contribution in [0, 0.1) is 6.92 Å². The predicted molar refractivity (Wildman–Crippen MR) is 73.6 cm³/mol. The molecular weight excluding hydrogens is 293 g/mol. The summed E-state index contributed by atoms with van der Waals surface area (Å²) in [5, 5.41) is 1.44. The Morgan fingerprint density at radius 3 is 2.72 bits per heavy atom. The van der Waals surface area contributed by atoms with E-state index in [1.807, 2.05) is 19.1 Å². The SMILES string of the molecule is COC(=O)c1sc(-c2ccc(C)c(Cl)c2)nc1Cl. The van der Waals surface area contributed by atoms with Crippen LogP contribution in [0.1, 0.15) is 15.2 Å². The van der Waals surface area contributed by atoms with Crippen molar-refractivity contribution in [1.29, 1.82) is 0 Å². The average molecular weight is 302 g/mol. The number of hydrogen-bond acceptors (Lipinski definition) is 4. The quantitative estimate of drug-likeness (QED) is 0.780. The van der Waals surface area contributed by atoms with Gasteiger partial charge < -0.3 is 4.74 Å². The maximum Gasteiger partial charge on any atom is 0.351 e. The van der Waals surface area contributed by atoms with Crippen LogP contribution >= 0.6 is 34.5 Å². The second kappa shape index (κ2) is 5.26. The van der Waals surface area contributed by atoms with E-state index < -0.39 is 5.97 Å². The predicted octanol–water partition coefficient (Wildman–Crippen LogP) is 4.21. The number of thiazole rings is 1. The summed E-state index contributed by atoms with van der Waals surface area (Å²) in [7, 11) is 1.31. The summed E-state index contributed by atoms with van der Waals surface area (Å²) in [5.74, 6) is -0.484. The molecule has 1 aromatic carbocycles. The number of ether oxygens (including phenoxy) is 1. The normalized spacial score (nSPS) is 10.4. The zero-order valence-electron chi connectivity index (χ0n) is 9.66. The lowest BCUT2D eigenvalue weighted by Gasteiger charge is -2.00. The number of aryl methyl sites for hydroxylation is 1. The third kappa shape index (κ3) is 2.51. The topological polar surface area (TPSA) is 39.2 Å². The van der Waals surface area contributed by atoms with Gasteiger partial charge in [-0.2, -0.15) is 0 Å². The van der Waals surface area contributed by atoms with E-state index >= 15 is 0 Å². The Labute approximate surface area is 118 Å². The third-order valence-electron chi connectivity index (χ3n) is 2.38. The highest BCUT2D eigenvalue weighted by Crippen LogP contribution is 2.33. The Hall–Kier alpha value is -1.10. The van der Waals surface area contributed by atoms with Crippen molar-refractivity contribution < 1.29 is 9.53 Å². The van der Waals surface area contributed by atoms with Gasteiger partial charge in [-0.05, 0) is 18.6 Å². The van der Waals surface area contributed by atoms with Crippen molar-refractivity contribution >= 4 is 40.5 Å². The molecule has 0 aliphatic heterocycles. The summed E-state index contributed by atoms with van der Waals surface area (Å²) in [6.45, 7) is 1.92. The van der Waals surface area contributed by atoms with Gasteiger partial charge >= 0.3 is 5.97 Å². The van der Waals surface area contributed by atoms with E-state index in [-0.39, 0.29) is 5.15 Å². The van der Waals surface area contributed by atoms with Crippen molar-refractivity contribution in [2.24, 2.45) is 0 Å². The number of methoxy groups -OCH3 is 1. The summed E-state index contributed by atoms with van der Waals surface area (Å²) in [4.78, 5) is 15.9. The van der Waals surface area contributed by atoms with Crippen LogP contribution in [-0.4, -0.2) is 18.1 Å². The molecule has 0 aliphatic carbocycles. The average Bonchev–Trinajstić information content (AvgIpc) is 2.74. The number of carbonyl (C=O) groups is 1. The number of rotatable bonds is 2. The highest BCUT2D eigenvalue weighted by molar-refractivity contribution is 7.17. The molecule has 0 fully saturated rings. The van der Waals surface area contributed by atoms with E-state index in [1.165, 1.54) is 18.4 Å². The van der Waals surface area contributed by atoms with Crippen molar-refractivity contribution in [3.63, 3.8) is 0 Å². The van der Waals surface area contributed by atoms with Gasteiger partial charge in [0, 0.05) is 10.6 Å². The van der Waals surface area contributed by atoms with Crippen molar-refractivity contribution in [2.75, 3.05) is 7.11 Å². The molecule has 94 valence electrons. The number of carbonyl (C=O) groups excluding carboxylic acids is 1. The fourth-order valence-corrected chi connectivity index (χ4v) is 2.75. The molecule has 0 N–H and O–H groups in total. The monoisotopic (exact) mass is 301 g/mol. The van der Waals surface area contributed by atoms with Crippen LogP contribution in [0.5, 0.6) is 0 Å². The molecule has 0 saturated heterocycles. The lowest BCUT2D eigenvalue weighted by atomic mass is 10.1. The summed E-state index contributed by atoms with van der Waals surface area (Å²) < 4.78 is 4.63. The number of esters is 1. The molecule has 0 aliphatic rings. The first-order valence-corrected chi connectivity index (χ1v) is 6.61. The van der Waals surface area contributed by atoms with Crippen LogP contribution in [0.25, 0.3) is 10.6 Å². The highest BCUT2D eigenvalue weighted by atomic mass is 35.5. The maximum absolute atomic E-state index is 11.4. The molecule has 0 saturated carbocycles. The standard InChI is InChI=1S/C12H9Cl2NO2S/c1-6-3-4-7(5-8(6)13)11-15-10(14)9(18-11)12(16)17-2/h3-5H,1-2H3. The zero-order chi connectivity index (χ0) is 13.3. The number of nitrogens with zero attached hydrogens (tertiary/aromatic N) is 1. The van der Waals surface area contributed by atoms with E-state index in [0.717, 1.165) is 11.1 Å². The summed E-state index contributed by atoms with van der Waals surface area (Å²) in [6.07, 6.45) is 0. The minimum absolute atomic E-state index is 0.151. The Kier molecular flexibility index (Phi) is 3.90. The number of benzene rings is 1. The first-order chi connectivity index (χ1) is 8.52. The molecule has 2 aromatic rings. The molecule has 2 rings (SSSR count). The molecule has 3 nitrogen and oxygen atoms in total. The van der Waals surface area contributed by atoms with Crippen LogP contribution in [-0.2, 0) is 4.74 Å².